The SMILES string of the molecule is CCCC(Nc1cc(Cl)nc(C)n1)c1cccs1. The minimum atomic E-state index is 0.292. The molecule has 0 aromatic carbocycles. The van der Waals surface area contributed by atoms with Crippen LogP contribution in [0.4, 0.5) is 5.82 Å². The molecule has 0 saturated heterocycles. The van der Waals surface area contributed by atoms with Gasteiger partial charge in [-0.2, -0.15) is 0 Å². The molecule has 0 aliphatic carbocycles. The van der Waals surface area contributed by atoms with Gasteiger partial charge < -0.3 is 5.32 Å². The molecule has 0 fully saturated rings. The van der Waals surface area contributed by atoms with Crippen LogP contribution in [0.25, 0.3) is 0 Å². The van der Waals surface area contributed by atoms with Crippen LogP contribution in [0.3, 0.4) is 0 Å². The number of aryl methyl sites for hydroxylation is 1. The number of thiophene rings is 1. The zero-order valence-corrected chi connectivity index (χ0v) is 12.1. The van der Waals surface area contributed by atoms with E-state index >= 15 is 0 Å². The van der Waals surface area contributed by atoms with Crippen molar-refractivity contribution in [1.29, 1.82) is 0 Å². The Balaban J connectivity index is 2.18. The van der Waals surface area contributed by atoms with Crippen molar-refractivity contribution in [2.45, 2.75) is 32.7 Å². The largest absolute Gasteiger partial charge is 0.362 e. The van der Waals surface area contributed by atoms with E-state index in [1.54, 1.807) is 17.4 Å². The van der Waals surface area contributed by atoms with Gasteiger partial charge in [0.05, 0.1) is 6.04 Å². The molecule has 18 heavy (non-hydrogen) atoms. The van der Waals surface area contributed by atoms with E-state index in [0.29, 0.717) is 17.0 Å². The van der Waals surface area contributed by atoms with E-state index in [2.05, 4.69) is 39.7 Å². The Morgan fingerprint density at radius 3 is 2.89 bits per heavy atom. The summed E-state index contributed by atoms with van der Waals surface area (Å²) in [5, 5.41) is 6.01. The number of anilines is 1. The first-order valence-corrected chi connectivity index (χ1v) is 7.26. The maximum atomic E-state index is 5.95. The average molecular weight is 282 g/mol. The van der Waals surface area contributed by atoms with Gasteiger partial charge in [0, 0.05) is 10.9 Å². The Kier molecular flexibility index (Phi) is 4.55. The molecular formula is C13H16ClN3S. The first kappa shape index (κ1) is 13.3. The third-order valence-electron chi connectivity index (χ3n) is 2.59. The zero-order chi connectivity index (χ0) is 13.0. The van der Waals surface area contributed by atoms with Crippen LogP contribution < -0.4 is 5.32 Å². The zero-order valence-electron chi connectivity index (χ0n) is 10.5. The van der Waals surface area contributed by atoms with Crippen molar-refractivity contribution in [2.24, 2.45) is 0 Å². The van der Waals surface area contributed by atoms with Crippen LogP contribution in [0, 0.1) is 6.92 Å². The maximum Gasteiger partial charge on any atom is 0.134 e. The Morgan fingerprint density at radius 2 is 2.28 bits per heavy atom. The summed E-state index contributed by atoms with van der Waals surface area (Å²) < 4.78 is 0. The highest BCUT2D eigenvalue weighted by Crippen LogP contribution is 2.27. The van der Waals surface area contributed by atoms with Crippen molar-refractivity contribution in [1.82, 2.24) is 9.97 Å². The van der Waals surface area contributed by atoms with E-state index in [1.165, 1.54) is 4.88 Å². The summed E-state index contributed by atoms with van der Waals surface area (Å²) in [6.07, 6.45) is 2.19. The summed E-state index contributed by atoms with van der Waals surface area (Å²) in [7, 11) is 0. The molecular weight excluding hydrogens is 266 g/mol. The number of halogens is 1. The maximum absolute atomic E-state index is 5.95. The van der Waals surface area contributed by atoms with Gasteiger partial charge in [-0.05, 0) is 24.8 Å². The van der Waals surface area contributed by atoms with Crippen LogP contribution in [0.1, 0.15) is 36.5 Å². The van der Waals surface area contributed by atoms with Gasteiger partial charge in [0.25, 0.3) is 0 Å². The normalized spacial score (nSPS) is 12.4. The predicted octanol–water partition coefficient (Wildman–Crippen LogP) is 4.45. The molecule has 2 rings (SSSR count). The lowest BCUT2D eigenvalue weighted by atomic mass is 10.1. The molecule has 1 N–H and O–H groups in total. The van der Waals surface area contributed by atoms with Crippen molar-refractivity contribution in [3.63, 3.8) is 0 Å². The first-order chi connectivity index (χ1) is 8.69. The number of hydrogen-bond acceptors (Lipinski definition) is 4. The van der Waals surface area contributed by atoms with E-state index in [-0.39, 0.29) is 0 Å². The Labute approximate surface area is 116 Å². The third-order valence-corrected chi connectivity index (χ3v) is 3.77. The second kappa shape index (κ2) is 6.16. The molecule has 2 heterocycles. The number of aromatic nitrogens is 2. The summed E-state index contributed by atoms with van der Waals surface area (Å²) in [5.74, 6) is 1.48. The molecule has 96 valence electrons. The lowest BCUT2D eigenvalue weighted by Gasteiger charge is -2.17. The lowest BCUT2D eigenvalue weighted by molar-refractivity contribution is 0.683. The first-order valence-electron chi connectivity index (χ1n) is 6.00. The fourth-order valence-electron chi connectivity index (χ4n) is 1.85. The van der Waals surface area contributed by atoms with Crippen molar-refractivity contribution in [3.05, 3.63) is 39.4 Å². The van der Waals surface area contributed by atoms with Crippen molar-refractivity contribution >= 4 is 28.8 Å². The van der Waals surface area contributed by atoms with E-state index in [9.17, 15) is 0 Å². The molecule has 0 aliphatic rings. The monoisotopic (exact) mass is 281 g/mol. The van der Waals surface area contributed by atoms with Gasteiger partial charge in [-0.25, -0.2) is 9.97 Å². The fraction of sp³-hybridized carbons (Fsp3) is 0.385. The Bertz CT molecular complexity index is 479. The number of nitrogens with zero attached hydrogens (tertiary/aromatic N) is 2. The van der Waals surface area contributed by atoms with E-state index in [0.717, 1.165) is 18.7 Å². The average Bonchev–Trinajstić information content (AvgIpc) is 2.80. The molecule has 0 aliphatic heterocycles. The predicted molar refractivity (Wildman–Crippen MR) is 77.4 cm³/mol. The standard InChI is InChI=1S/C13H16ClN3S/c1-3-5-10(11-6-4-7-18-11)17-13-8-12(14)15-9(2)16-13/h4,6-8,10H,3,5H2,1-2H3,(H,15,16,17). The van der Waals surface area contributed by atoms with Gasteiger partial charge in [-0.15, -0.1) is 11.3 Å². The third kappa shape index (κ3) is 3.43. The molecule has 0 radical (unpaired) electrons. The second-order valence-corrected chi connectivity index (χ2v) is 5.49. The number of nitrogens with one attached hydrogen (secondary N) is 1. The summed E-state index contributed by atoms with van der Waals surface area (Å²) >= 11 is 7.71. The smallest absolute Gasteiger partial charge is 0.134 e. The molecule has 5 heteroatoms. The van der Waals surface area contributed by atoms with Crippen molar-refractivity contribution < 1.29 is 0 Å². The number of hydrogen-bond donors (Lipinski definition) is 1. The van der Waals surface area contributed by atoms with Gasteiger partial charge in [0.2, 0.25) is 0 Å². The molecule has 2 aromatic rings. The summed E-state index contributed by atoms with van der Waals surface area (Å²) in [6, 6.07) is 6.28. The molecule has 0 amide bonds. The van der Waals surface area contributed by atoms with Crippen LogP contribution >= 0.6 is 22.9 Å². The quantitative estimate of drug-likeness (QED) is 0.823. The fourth-order valence-corrected chi connectivity index (χ4v) is 2.89. The van der Waals surface area contributed by atoms with Crippen molar-refractivity contribution in [2.75, 3.05) is 5.32 Å². The molecule has 2 aromatic heterocycles. The van der Waals surface area contributed by atoms with E-state index in [4.69, 9.17) is 11.6 Å². The molecule has 0 spiro atoms. The second-order valence-electron chi connectivity index (χ2n) is 4.12. The van der Waals surface area contributed by atoms with Gasteiger partial charge in [0.1, 0.15) is 16.8 Å². The van der Waals surface area contributed by atoms with E-state index in [1.807, 2.05) is 6.92 Å². The highest BCUT2D eigenvalue weighted by molar-refractivity contribution is 7.10. The molecule has 1 atom stereocenters. The summed E-state index contributed by atoms with van der Waals surface area (Å²) in [4.78, 5) is 9.75. The molecule has 1 unspecified atom stereocenters. The van der Waals surface area contributed by atoms with Crippen LogP contribution in [-0.4, -0.2) is 9.97 Å². The van der Waals surface area contributed by atoms with Gasteiger partial charge in [0.15, 0.2) is 0 Å². The van der Waals surface area contributed by atoms with Crippen LogP contribution in [0.2, 0.25) is 5.15 Å². The molecule has 0 saturated carbocycles. The van der Waals surface area contributed by atoms with Crippen LogP contribution in [-0.2, 0) is 0 Å². The van der Waals surface area contributed by atoms with Crippen molar-refractivity contribution in [3.8, 4) is 0 Å². The van der Waals surface area contributed by atoms with Gasteiger partial charge >= 0.3 is 0 Å². The van der Waals surface area contributed by atoms with Crippen LogP contribution in [0.5, 0.6) is 0 Å². The highest BCUT2D eigenvalue weighted by atomic mass is 35.5. The summed E-state index contributed by atoms with van der Waals surface area (Å²) in [6.45, 7) is 4.03. The molecule has 3 nitrogen and oxygen atoms in total. The number of rotatable bonds is 5. The minimum Gasteiger partial charge on any atom is -0.362 e. The van der Waals surface area contributed by atoms with Crippen LogP contribution in [0.15, 0.2) is 23.6 Å². The summed E-state index contributed by atoms with van der Waals surface area (Å²) in [5.41, 5.74) is 0. The van der Waals surface area contributed by atoms with E-state index < -0.39 is 0 Å². The molecule has 0 bridgehead atoms. The Morgan fingerprint density at radius 1 is 1.44 bits per heavy atom. The highest BCUT2D eigenvalue weighted by Gasteiger charge is 2.12. The lowest BCUT2D eigenvalue weighted by Crippen LogP contribution is -2.11. The van der Waals surface area contributed by atoms with Gasteiger partial charge in [-0.1, -0.05) is 31.0 Å². The topological polar surface area (TPSA) is 37.8 Å². The Hall–Kier alpha value is -1.13. The van der Waals surface area contributed by atoms with Gasteiger partial charge in [-0.3, -0.25) is 0 Å². The minimum absolute atomic E-state index is 0.292.